The highest BCUT2D eigenvalue weighted by Crippen LogP contribution is 2.29. The summed E-state index contributed by atoms with van der Waals surface area (Å²) in [4.78, 5) is 4.55. The van der Waals surface area contributed by atoms with Gasteiger partial charge < -0.3 is 16.6 Å². The number of nitrogens with two attached hydrogens (primary N) is 2. The number of aliphatic hydroxyl groups is 1. The van der Waals surface area contributed by atoms with Crippen LogP contribution in [0.25, 0.3) is 0 Å². The summed E-state index contributed by atoms with van der Waals surface area (Å²) in [5.41, 5.74) is 10.00. The fourth-order valence-corrected chi connectivity index (χ4v) is 1.57. The van der Waals surface area contributed by atoms with Gasteiger partial charge in [0.05, 0.1) is 4.88 Å². The molecule has 1 rings (SSSR count). The number of anilines is 1. The van der Waals surface area contributed by atoms with E-state index in [2.05, 4.69) is 4.98 Å². The maximum absolute atomic E-state index is 9.87. The van der Waals surface area contributed by atoms with E-state index in [1.54, 1.807) is 20.0 Å². The lowest BCUT2D eigenvalue weighted by Crippen LogP contribution is -2.40. The summed E-state index contributed by atoms with van der Waals surface area (Å²) in [5.74, 6) is 0. The van der Waals surface area contributed by atoms with Gasteiger partial charge in [-0.05, 0) is 13.8 Å². The van der Waals surface area contributed by atoms with Gasteiger partial charge in [0.2, 0.25) is 0 Å². The van der Waals surface area contributed by atoms with Crippen molar-refractivity contribution >= 4 is 16.5 Å². The number of hydrogen-bond donors (Lipinski definition) is 3. The van der Waals surface area contributed by atoms with Crippen LogP contribution in [0.15, 0.2) is 6.20 Å². The van der Waals surface area contributed by atoms with Gasteiger partial charge in [-0.1, -0.05) is 11.3 Å². The van der Waals surface area contributed by atoms with Crippen LogP contribution in [0.1, 0.15) is 18.7 Å². The molecule has 2 atom stereocenters. The molecule has 0 aliphatic rings. The van der Waals surface area contributed by atoms with Crippen LogP contribution in [0.2, 0.25) is 0 Å². The molecule has 12 heavy (non-hydrogen) atoms. The maximum Gasteiger partial charge on any atom is 0.180 e. The quantitative estimate of drug-likeness (QED) is 0.621. The highest BCUT2D eigenvalue weighted by Gasteiger charge is 2.29. The lowest BCUT2D eigenvalue weighted by Gasteiger charge is -2.25. The average molecular weight is 187 g/mol. The van der Waals surface area contributed by atoms with Crippen LogP contribution in [0, 0.1) is 0 Å². The van der Waals surface area contributed by atoms with Crippen molar-refractivity contribution in [1.29, 1.82) is 0 Å². The van der Waals surface area contributed by atoms with E-state index in [1.165, 1.54) is 11.3 Å². The molecule has 2 unspecified atom stereocenters. The normalized spacial score (nSPS) is 18.7. The molecule has 5 N–H and O–H groups in total. The highest BCUT2D eigenvalue weighted by molar-refractivity contribution is 7.15. The zero-order chi connectivity index (χ0) is 9.35. The molecule has 0 saturated heterocycles. The van der Waals surface area contributed by atoms with Crippen molar-refractivity contribution < 1.29 is 5.11 Å². The summed E-state index contributed by atoms with van der Waals surface area (Å²) in [6.45, 7) is 3.40. The van der Waals surface area contributed by atoms with Crippen LogP contribution in [0.4, 0.5) is 5.13 Å². The summed E-state index contributed by atoms with van der Waals surface area (Å²) >= 11 is 1.26. The fraction of sp³-hybridized carbons (Fsp3) is 0.571. The average Bonchev–Trinajstić information content (AvgIpc) is 2.35. The molecule has 1 aromatic heterocycles. The Balaban J connectivity index is 2.97. The topological polar surface area (TPSA) is 85.2 Å². The number of aromatic nitrogens is 1. The zero-order valence-corrected chi connectivity index (χ0v) is 7.93. The predicted molar refractivity (Wildman–Crippen MR) is 49.7 cm³/mol. The van der Waals surface area contributed by atoms with Gasteiger partial charge in [0, 0.05) is 12.2 Å². The largest absolute Gasteiger partial charge is 0.383 e. The number of nitrogens with zero attached hydrogens (tertiary/aromatic N) is 1. The molecule has 0 saturated carbocycles. The molecule has 68 valence electrons. The van der Waals surface area contributed by atoms with Crippen molar-refractivity contribution in [3.8, 4) is 0 Å². The first-order chi connectivity index (χ1) is 5.44. The predicted octanol–water partition coefficient (Wildman–Crippen LogP) is 0.280. The van der Waals surface area contributed by atoms with Crippen LogP contribution in [-0.2, 0) is 5.60 Å². The van der Waals surface area contributed by atoms with E-state index in [-0.39, 0.29) is 6.04 Å². The molecule has 0 radical (unpaired) electrons. The number of thiazole rings is 1. The monoisotopic (exact) mass is 187 g/mol. The first kappa shape index (κ1) is 9.44. The Morgan fingerprint density at radius 2 is 2.33 bits per heavy atom. The third kappa shape index (κ3) is 1.57. The Labute approximate surface area is 75.2 Å². The van der Waals surface area contributed by atoms with Gasteiger partial charge >= 0.3 is 0 Å². The third-order valence-corrected chi connectivity index (χ3v) is 2.96. The lowest BCUT2D eigenvalue weighted by atomic mass is 9.98. The number of hydrogen-bond acceptors (Lipinski definition) is 5. The van der Waals surface area contributed by atoms with E-state index in [0.29, 0.717) is 10.0 Å². The molecule has 5 heteroatoms. The molecule has 1 aromatic rings. The van der Waals surface area contributed by atoms with Crippen LogP contribution in [-0.4, -0.2) is 16.1 Å². The number of rotatable bonds is 2. The molecule has 0 fully saturated rings. The third-order valence-electron chi connectivity index (χ3n) is 1.91. The lowest BCUT2D eigenvalue weighted by molar-refractivity contribution is 0.0384. The standard InChI is InChI=1S/C7H13N3OS/c1-4(8)7(2,11)5-3-10-6(9)12-5/h3-4,11H,8H2,1-2H3,(H2,9,10). The molecule has 0 bridgehead atoms. The van der Waals surface area contributed by atoms with Gasteiger partial charge in [0.15, 0.2) is 5.13 Å². The highest BCUT2D eigenvalue weighted by atomic mass is 32.1. The van der Waals surface area contributed by atoms with Crippen LogP contribution < -0.4 is 11.5 Å². The van der Waals surface area contributed by atoms with E-state index < -0.39 is 5.60 Å². The van der Waals surface area contributed by atoms with Crippen LogP contribution in [0.3, 0.4) is 0 Å². The van der Waals surface area contributed by atoms with Crippen molar-refractivity contribution in [3.63, 3.8) is 0 Å². The van der Waals surface area contributed by atoms with Gasteiger partial charge in [-0.3, -0.25) is 0 Å². The molecule has 0 aliphatic heterocycles. The molecule has 0 aliphatic carbocycles. The molecule has 1 heterocycles. The van der Waals surface area contributed by atoms with E-state index in [0.717, 1.165) is 0 Å². The minimum atomic E-state index is -1.03. The van der Waals surface area contributed by atoms with Gasteiger partial charge in [-0.15, -0.1) is 0 Å². The van der Waals surface area contributed by atoms with Gasteiger partial charge in [-0.25, -0.2) is 4.98 Å². The Morgan fingerprint density at radius 1 is 1.75 bits per heavy atom. The van der Waals surface area contributed by atoms with Crippen molar-refractivity contribution in [3.05, 3.63) is 11.1 Å². The summed E-state index contributed by atoms with van der Waals surface area (Å²) in [6, 6.07) is -0.336. The van der Waals surface area contributed by atoms with E-state index >= 15 is 0 Å². The summed E-state index contributed by atoms with van der Waals surface area (Å²) in [5, 5.41) is 10.3. The van der Waals surface area contributed by atoms with Gasteiger partial charge in [-0.2, -0.15) is 0 Å². The first-order valence-electron chi connectivity index (χ1n) is 3.64. The van der Waals surface area contributed by atoms with E-state index in [4.69, 9.17) is 11.5 Å². The maximum atomic E-state index is 9.87. The second-order valence-corrected chi connectivity index (χ2v) is 4.06. The molecule has 0 aromatic carbocycles. The van der Waals surface area contributed by atoms with Gasteiger partial charge in [0.25, 0.3) is 0 Å². The minimum Gasteiger partial charge on any atom is -0.383 e. The molecule has 0 amide bonds. The Morgan fingerprint density at radius 3 is 2.67 bits per heavy atom. The second-order valence-electron chi connectivity index (χ2n) is 3.00. The van der Waals surface area contributed by atoms with Crippen molar-refractivity contribution in [2.75, 3.05) is 5.73 Å². The molecular formula is C7H13N3OS. The van der Waals surface area contributed by atoms with Crippen molar-refractivity contribution in [2.45, 2.75) is 25.5 Å². The molecule has 4 nitrogen and oxygen atoms in total. The van der Waals surface area contributed by atoms with Crippen LogP contribution in [0.5, 0.6) is 0 Å². The number of nitrogen functional groups attached to an aromatic ring is 1. The zero-order valence-electron chi connectivity index (χ0n) is 7.11. The van der Waals surface area contributed by atoms with Crippen molar-refractivity contribution in [1.82, 2.24) is 4.98 Å². The van der Waals surface area contributed by atoms with E-state index in [9.17, 15) is 5.11 Å². The summed E-state index contributed by atoms with van der Waals surface area (Å²) in [7, 11) is 0. The van der Waals surface area contributed by atoms with E-state index in [1.807, 2.05) is 0 Å². The van der Waals surface area contributed by atoms with Crippen molar-refractivity contribution in [2.24, 2.45) is 5.73 Å². The molecule has 0 spiro atoms. The summed E-state index contributed by atoms with van der Waals surface area (Å²) in [6.07, 6.45) is 1.56. The summed E-state index contributed by atoms with van der Waals surface area (Å²) < 4.78 is 0. The minimum absolute atomic E-state index is 0.336. The van der Waals surface area contributed by atoms with Crippen LogP contribution >= 0.6 is 11.3 Å². The molecular weight excluding hydrogens is 174 g/mol. The SMILES string of the molecule is CC(N)C(C)(O)c1cnc(N)s1. The smallest absolute Gasteiger partial charge is 0.180 e. The van der Waals surface area contributed by atoms with Gasteiger partial charge in [0.1, 0.15) is 5.60 Å². The Hall–Kier alpha value is -0.650. The Kier molecular flexibility index (Phi) is 2.36. The first-order valence-corrected chi connectivity index (χ1v) is 4.46. The Bertz CT molecular complexity index is 269. The second kappa shape index (κ2) is 3.01. The fourth-order valence-electron chi connectivity index (χ4n) is 0.746.